The number of rotatable bonds is 3. The predicted molar refractivity (Wildman–Crippen MR) is 49.4 cm³/mol. The SMILES string of the molecule is O=C(NCC(O)C(F)(F)F)c1ccc(=O)oc1. The van der Waals surface area contributed by atoms with Gasteiger partial charge >= 0.3 is 11.8 Å². The van der Waals surface area contributed by atoms with Crippen LogP contribution >= 0.6 is 0 Å². The lowest BCUT2D eigenvalue weighted by molar-refractivity contribution is -0.201. The smallest absolute Gasteiger partial charge is 0.416 e. The van der Waals surface area contributed by atoms with Gasteiger partial charge in [-0.1, -0.05) is 0 Å². The minimum Gasteiger partial charge on any atom is -0.430 e. The van der Waals surface area contributed by atoms with Gasteiger partial charge in [-0.2, -0.15) is 13.2 Å². The Morgan fingerprint density at radius 1 is 1.47 bits per heavy atom. The highest BCUT2D eigenvalue weighted by molar-refractivity contribution is 5.93. The van der Waals surface area contributed by atoms with Gasteiger partial charge < -0.3 is 14.8 Å². The molecule has 0 saturated heterocycles. The quantitative estimate of drug-likeness (QED) is 0.809. The fourth-order valence-electron chi connectivity index (χ4n) is 0.894. The van der Waals surface area contributed by atoms with Crippen LogP contribution in [0.5, 0.6) is 0 Å². The summed E-state index contributed by atoms with van der Waals surface area (Å²) in [5, 5.41) is 10.5. The maximum Gasteiger partial charge on any atom is 0.416 e. The summed E-state index contributed by atoms with van der Waals surface area (Å²) in [5.41, 5.74) is -0.796. The van der Waals surface area contributed by atoms with Gasteiger partial charge in [-0.3, -0.25) is 4.79 Å². The van der Waals surface area contributed by atoms with Crippen molar-refractivity contribution in [3.63, 3.8) is 0 Å². The average Bonchev–Trinajstić information content (AvgIpc) is 2.25. The van der Waals surface area contributed by atoms with E-state index in [9.17, 15) is 22.8 Å². The molecule has 17 heavy (non-hydrogen) atoms. The lowest BCUT2D eigenvalue weighted by Gasteiger charge is -2.14. The summed E-state index contributed by atoms with van der Waals surface area (Å²) in [6, 6.07) is 2.05. The van der Waals surface area contributed by atoms with Crippen molar-refractivity contribution in [2.45, 2.75) is 12.3 Å². The molecule has 0 aromatic carbocycles. The molecule has 2 N–H and O–H groups in total. The van der Waals surface area contributed by atoms with Crippen molar-refractivity contribution < 1.29 is 27.5 Å². The standard InChI is InChI=1S/C9H8F3NO4/c10-9(11,12)6(14)3-13-8(16)5-1-2-7(15)17-4-5/h1-2,4,6,14H,3H2,(H,13,16). The van der Waals surface area contributed by atoms with Crippen LogP contribution in [0.15, 0.2) is 27.6 Å². The second-order valence-electron chi connectivity index (χ2n) is 3.11. The van der Waals surface area contributed by atoms with Gasteiger partial charge in [0.15, 0.2) is 6.10 Å². The van der Waals surface area contributed by atoms with Crippen LogP contribution in [0.4, 0.5) is 13.2 Å². The van der Waals surface area contributed by atoms with Gasteiger partial charge in [0.25, 0.3) is 5.91 Å². The van der Waals surface area contributed by atoms with Crippen molar-refractivity contribution in [1.29, 1.82) is 0 Å². The molecule has 1 amide bonds. The van der Waals surface area contributed by atoms with Crippen molar-refractivity contribution in [3.8, 4) is 0 Å². The first-order valence-corrected chi connectivity index (χ1v) is 4.42. The molecule has 1 rings (SSSR count). The largest absolute Gasteiger partial charge is 0.430 e. The predicted octanol–water partition coefficient (Wildman–Crippen LogP) is 0.293. The number of aliphatic hydroxyl groups excluding tert-OH is 1. The third kappa shape index (κ3) is 3.91. The van der Waals surface area contributed by atoms with Gasteiger partial charge in [-0.25, -0.2) is 4.79 Å². The molecular weight excluding hydrogens is 243 g/mol. The van der Waals surface area contributed by atoms with E-state index in [2.05, 4.69) is 4.42 Å². The van der Waals surface area contributed by atoms with Crippen LogP contribution in [0, 0.1) is 0 Å². The van der Waals surface area contributed by atoms with E-state index in [4.69, 9.17) is 5.11 Å². The minimum absolute atomic E-state index is 0.112. The van der Waals surface area contributed by atoms with E-state index < -0.39 is 30.4 Å². The molecule has 0 aliphatic carbocycles. The average molecular weight is 251 g/mol. The van der Waals surface area contributed by atoms with Crippen LogP contribution in [-0.4, -0.2) is 29.8 Å². The highest BCUT2D eigenvalue weighted by atomic mass is 19.4. The summed E-state index contributed by atoms with van der Waals surface area (Å²) in [6.07, 6.45) is -6.61. The van der Waals surface area contributed by atoms with Gasteiger partial charge in [-0.05, 0) is 6.07 Å². The normalized spacial score (nSPS) is 13.2. The summed E-state index contributed by atoms with van der Waals surface area (Å²) in [6.45, 7) is -0.971. The van der Waals surface area contributed by atoms with Crippen molar-refractivity contribution in [3.05, 3.63) is 34.4 Å². The van der Waals surface area contributed by atoms with Crippen LogP contribution in [0.3, 0.4) is 0 Å². The molecule has 0 fully saturated rings. The van der Waals surface area contributed by atoms with E-state index in [0.29, 0.717) is 0 Å². The Morgan fingerprint density at radius 2 is 2.12 bits per heavy atom. The molecule has 0 aliphatic rings. The number of hydrogen-bond acceptors (Lipinski definition) is 4. The number of alkyl halides is 3. The zero-order chi connectivity index (χ0) is 13.1. The lowest BCUT2D eigenvalue weighted by atomic mass is 10.2. The van der Waals surface area contributed by atoms with Crippen LogP contribution in [0.25, 0.3) is 0 Å². The van der Waals surface area contributed by atoms with Gasteiger partial charge in [0.1, 0.15) is 6.26 Å². The molecule has 5 nitrogen and oxygen atoms in total. The Bertz CT molecular complexity index is 434. The first kappa shape index (κ1) is 13.2. The highest BCUT2D eigenvalue weighted by Gasteiger charge is 2.38. The molecular formula is C9H8F3NO4. The molecule has 1 aromatic heterocycles. The van der Waals surface area contributed by atoms with Crippen molar-refractivity contribution in [1.82, 2.24) is 5.32 Å². The molecule has 1 atom stereocenters. The summed E-state index contributed by atoms with van der Waals surface area (Å²) >= 11 is 0. The number of amides is 1. The second-order valence-corrected chi connectivity index (χ2v) is 3.11. The Kier molecular flexibility index (Phi) is 3.89. The Morgan fingerprint density at radius 3 is 2.59 bits per heavy atom. The monoisotopic (exact) mass is 251 g/mol. The first-order chi connectivity index (χ1) is 7.80. The van der Waals surface area contributed by atoms with Crippen molar-refractivity contribution >= 4 is 5.91 Å². The number of nitrogens with one attached hydrogen (secondary N) is 1. The summed E-state index contributed by atoms with van der Waals surface area (Å²) < 4.78 is 40.0. The Hall–Kier alpha value is -1.83. The molecule has 1 aromatic rings. The fourth-order valence-corrected chi connectivity index (χ4v) is 0.894. The summed E-state index contributed by atoms with van der Waals surface area (Å²) in [7, 11) is 0. The zero-order valence-electron chi connectivity index (χ0n) is 8.32. The molecule has 94 valence electrons. The number of carbonyl (C=O) groups is 1. The van der Waals surface area contributed by atoms with E-state index >= 15 is 0 Å². The molecule has 0 radical (unpaired) electrons. The van der Waals surface area contributed by atoms with E-state index in [1.54, 1.807) is 0 Å². The number of halogens is 3. The summed E-state index contributed by atoms with van der Waals surface area (Å²) in [4.78, 5) is 21.8. The van der Waals surface area contributed by atoms with E-state index in [0.717, 1.165) is 18.4 Å². The molecule has 1 unspecified atom stereocenters. The maximum absolute atomic E-state index is 11.9. The highest BCUT2D eigenvalue weighted by Crippen LogP contribution is 2.19. The Labute approximate surface area is 92.9 Å². The third-order valence-electron chi connectivity index (χ3n) is 1.80. The topological polar surface area (TPSA) is 79.5 Å². The molecule has 0 spiro atoms. The molecule has 8 heteroatoms. The second kappa shape index (κ2) is 5.00. The van der Waals surface area contributed by atoms with Crippen LogP contribution in [-0.2, 0) is 0 Å². The van der Waals surface area contributed by atoms with E-state index in [1.165, 1.54) is 0 Å². The first-order valence-electron chi connectivity index (χ1n) is 4.42. The summed E-state index contributed by atoms with van der Waals surface area (Å²) in [5.74, 6) is -0.878. The van der Waals surface area contributed by atoms with Crippen LogP contribution in [0.1, 0.15) is 10.4 Å². The molecule has 0 bridgehead atoms. The van der Waals surface area contributed by atoms with Crippen molar-refractivity contribution in [2.75, 3.05) is 6.54 Å². The molecule has 1 heterocycles. The maximum atomic E-state index is 11.9. The lowest BCUT2D eigenvalue weighted by Crippen LogP contribution is -2.40. The minimum atomic E-state index is -4.80. The van der Waals surface area contributed by atoms with Crippen molar-refractivity contribution in [2.24, 2.45) is 0 Å². The fraction of sp³-hybridized carbons (Fsp3) is 0.333. The van der Waals surface area contributed by atoms with Gasteiger partial charge in [-0.15, -0.1) is 0 Å². The van der Waals surface area contributed by atoms with E-state index in [-0.39, 0.29) is 5.56 Å². The molecule has 0 saturated carbocycles. The van der Waals surface area contributed by atoms with Crippen LogP contribution < -0.4 is 10.9 Å². The van der Waals surface area contributed by atoms with Gasteiger partial charge in [0.05, 0.1) is 12.1 Å². The van der Waals surface area contributed by atoms with Crippen LogP contribution in [0.2, 0.25) is 0 Å². The zero-order valence-corrected chi connectivity index (χ0v) is 8.32. The van der Waals surface area contributed by atoms with Gasteiger partial charge in [0, 0.05) is 6.07 Å². The third-order valence-corrected chi connectivity index (χ3v) is 1.80. The molecule has 0 aliphatic heterocycles. The number of aliphatic hydroxyl groups is 1. The number of carbonyl (C=O) groups excluding carboxylic acids is 1. The number of hydrogen-bond donors (Lipinski definition) is 2. The van der Waals surface area contributed by atoms with Gasteiger partial charge in [0.2, 0.25) is 0 Å². The Balaban J connectivity index is 2.56. The van der Waals surface area contributed by atoms with E-state index in [1.807, 2.05) is 5.32 Å².